The van der Waals surface area contributed by atoms with E-state index in [-0.39, 0.29) is 28.5 Å². The predicted octanol–water partition coefficient (Wildman–Crippen LogP) is 5.84. The molecule has 180 valence electrons. The number of hydrogen-bond donors (Lipinski definition) is 0. The van der Waals surface area contributed by atoms with Crippen molar-refractivity contribution < 1.29 is 19.3 Å². The van der Waals surface area contributed by atoms with Crippen molar-refractivity contribution in [3.63, 3.8) is 0 Å². The Morgan fingerprint density at radius 1 is 0.806 bits per heavy atom. The minimum Gasteiger partial charge on any atom is -0.294 e. The highest BCUT2D eigenvalue weighted by Crippen LogP contribution is 2.43. The van der Waals surface area contributed by atoms with Crippen molar-refractivity contribution in [3.05, 3.63) is 106 Å². The number of nitro groups is 1. The molecule has 1 aliphatic heterocycles. The number of rotatable bonds is 5. The van der Waals surface area contributed by atoms with Crippen LogP contribution in [0.4, 0.5) is 11.4 Å². The highest BCUT2D eigenvalue weighted by atomic mass is 16.6. The first kappa shape index (κ1) is 23.4. The van der Waals surface area contributed by atoms with Crippen LogP contribution in [0.5, 0.6) is 0 Å². The highest BCUT2D eigenvalue weighted by Gasteiger charge is 2.41. The molecule has 7 heteroatoms. The molecule has 3 aromatic rings. The summed E-state index contributed by atoms with van der Waals surface area (Å²) in [6.45, 7) is 0. The lowest BCUT2D eigenvalue weighted by Crippen LogP contribution is -2.34. The van der Waals surface area contributed by atoms with Crippen molar-refractivity contribution in [1.82, 2.24) is 0 Å². The number of allylic oxidation sites excluding steroid dienone is 1. The molecule has 0 aromatic heterocycles. The third-order valence-corrected chi connectivity index (χ3v) is 6.89. The quantitative estimate of drug-likeness (QED) is 0.198. The monoisotopic (exact) mass is 480 g/mol. The van der Waals surface area contributed by atoms with Gasteiger partial charge in [-0.25, -0.2) is 4.90 Å². The summed E-state index contributed by atoms with van der Waals surface area (Å²) < 4.78 is 0. The zero-order valence-electron chi connectivity index (χ0n) is 19.6. The van der Waals surface area contributed by atoms with Crippen molar-refractivity contribution in [1.29, 1.82) is 0 Å². The SMILES string of the molecule is O=C(/C(=C1\C(=O)N(C(=O)c2ccccc2)c2ccccc21)c1ccc([N+](=O)[O-])cc1)C1CCCCC1. The summed E-state index contributed by atoms with van der Waals surface area (Å²) in [5.41, 5.74) is 2.00. The molecule has 0 atom stereocenters. The molecule has 2 aliphatic rings. The maximum absolute atomic E-state index is 14.0. The van der Waals surface area contributed by atoms with Gasteiger partial charge in [-0.2, -0.15) is 0 Å². The van der Waals surface area contributed by atoms with E-state index >= 15 is 0 Å². The number of hydrogen-bond acceptors (Lipinski definition) is 5. The van der Waals surface area contributed by atoms with Crippen LogP contribution in [0.3, 0.4) is 0 Å². The maximum atomic E-state index is 14.0. The van der Waals surface area contributed by atoms with Crippen molar-refractivity contribution in [2.24, 2.45) is 5.92 Å². The van der Waals surface area contributed by atoms with Crippen molar-refractivity contribution in [2.45, 2.75) is 32.1 Å². The summed E-state index contributed by atoms with van der Waals surface area (Å²) in [5.74, 6) is -1.44. The summed E-state index contributed by atoms with van der Waals surface area (Å²) in [6, 6.07) is 21.2. The van der Waals surface area contributed by atoms with Crippen molar-refractivity contribution in [2.75, 3.05) is 4.90 Å². The minimum atomic E-state index is -0.567. The van der Waals surface area contributed by atoms with Crippen molar-refractivity contribution in [3.8, 4) is 0 Å². The number of para-hydroxylation sites is 1. The van der Waals surface area contributed by atoms with E-state index in [9.17, 15) is 24.5 Å². The number of anilines is 1. The summed E-state index contributed by atoms with van der Waals surface area (Å²) in [7, 11) is 0. The number of fused-ring (bicyclic) bond motifs is 1. The topological polar surface area (TPSA) is 97.6 Å². The average molecular weight is 481 g/mol. The number of carbonyl (C=O) groups excluding carboxylic acids is 3. The molecule has 5 rings (SSSR count). The highest BCUT2D eigenvalue weighted by molar-refractivity contribution is 6.50. The lowest BCUT2D eigenvalue weighted by molar-refractivity contribution is -0.384. The number of non-ortho nitro benzene ring substituents is 1. The van der Waals surface area contributed by atoms with Crippen LogP contribution in [0.25, 0.3) is 11.1 Å². The first-order chi connectivity index (χ1) is 17.5. The third kappa shape index (κ3) is 4.13. The van der Waals surface area contributed by atoms with E-state index in [4.69, 9.17) is 0 Å². The number of benzene rings is 3. The fourth-order valence-corrected chi connectivity index (χ4v) is 5.10. The number of nitro benzene ring substituents is 1. The molecule has 1 heterocycles. The summed E-state index contributed by atoms with van der Waals surface area (Å²) in [5, 5.41) is 11.2. The molecule has 0 spiro atoms. The summed E-state index contributed by atoms with van der Waals surface area (Å²) in [6.07, 6.45) is 4.38. The van der Waals surface area contributed by atoms with Crippen LogP contribution in [0.15, 0.2) is 78.9 Å². The van der Waals surface area contributed by atoms with Crippen LogP contribution in [0, 0.1) is 16.0 Å². The fourth-order valence-electron chi connectivity index (χ4n) is 5.10. The van der Waals surface area contributed by atoms with E-state index < -0.39 is 16.7 Å². The van der Waals surface area contributed by atoms with Crippen LogP contribution in [0.1, 0.15) is 53.6 Å². The van der Waals surface area contributed by atoms with Crippen LogP contribution >= 0.6 is 0 Å². The Bertz CT molecular complexity index is 1390. The van der Waals surface area contributed by atoms with Gasteiger partial charge in [-0.1, -0.05) is 55.7 Å². The van der Waals surface area contributed by atoms with Gasteiger partial charge in [0, 0.05) is 34.8 Å². The van der Waals surface area contributed by atoms with Crippen LogP contribution in [0.2, 0.25) is 0 Å². The number of imide groups is 1. The molecule has 36 heavy (non-hydrogen) atoms. The Kier molecular flexibility index (Phi) is 6.29. The number of ketones is 1. The second kappa shape index (κ2) is 9.70. The van der Waals surface area contributed by atoms with E-state index in [0.717, 1.165) is 37.0 Å². The standard InChI is InChI=1S/C29H24N2O5/c32-27(20-9-3-1-4-10-20)25(19-15-17-22(18-16-19)31(35)36)26-23-13-7-8-14-24(23)30(29(26)34)28(33)21-11-5-2-6-12-21/h2,5-8,11-18,20H,1,3-4,9-10H2/b26-25-. The van der Waals surface area contributed by atoms with E-state index in [2.05, 4.69) is 0 Å². The maximum Gasteiger partial charge on any atom is 0.269 e. The molecule has 0 N–H and O–H groups in total. The molecule has 1 fully saturated rings. The van der Waals surface area contributed by atoms with Crippen LogP contribution in [-0.2, 0) is 9.59 Å². The molecule has 3 aromatic carbocycles. The molecular formula is C29H24N2O5. The Labute approximate surface area is 208 Å². The van der Waals surface area contributed by atoms with Crippen LogP contribution < -0.4 is 4.90 Å². The number of nitrogens with zero attached hydrogens (tertiary/aromatic N) is 2. The van der Waals surface area contributed by atoms with Gasteiger partial charge in [0.2, 0.25) is 0 Å². The van der Waals surface area contributed by atoms with Gasteiger partial charge < -0.3 is 0 Å². The number of carbonyl (C=O) groups is 3. The van der Waals surface area contributed by atoms with Gasteiger partial charge in [0.15, 0.2) is 5.78 Å². The minimum absolute atomic E-state index is 0.104. The molecular weight excluding hydrogens is 456 g/mol. The largest absolute Gasteiger partial charge is 0.294 e. The average Bonchev–Trinajstić information content (AvgIpc) is 3.21. The second-order valence-corrected chi connectivity index (χ2v) is 9.08. The van der Waals surface area contributed by atoms with Gasteiger partial charge in [-0.15, -0.1) is 0 Å². The zero-order chi connectivity index (χ0) is 25.2. The van der Waals surface area contributed by atoms with Gasteiger partial charge >= 0.3 is 0 Å². The first-order valence-corrected chi connectivity index (χ1v) is 12.0. The predicted molar refractivity (Wildman–Crippen MR) is 136 cm³/mol. The molecule has 0 saturated heterocycles. The lowest BCUT2D eigenvalue weighted by Gasteiger charge is -2.23. The number of amides is 2. The van der Waals surface area contributed by atoms with E-state index in [0.29, 0.717) is 22.4 Å². The molecule has 0 radical (unpaired) electrons. The molecule has 0 bridgehead atoms. The molecule has 1 aliphatic carbocycles. The van der Waals surface area contributed by atoms with Crippen molar-refractivity contribution >= 4 is 40.1 Å². The fraction of sp³-hybridized carbons (Fsp3) is 0.207. The Balaban J connectivity index is 1.70. The Morgan fingerprint density at radius 3 is 2.11 bits per heavy atom. The smallest absolute Gasteiger partial charge is 0.269 e. The second-order valence-electron chi connectivity index (χ2n) is 9.08. The zero-order valence-corrected chi connectivity index (χ0v) is 19.6. The summed E-state index contributed by atoms with van der Waals surface area (Å²) in [4.78, 5) is 53.2. The first-order valence-electron chi connectivity index (χ1n) is 12.0. The van der Waals surface area contributed by atoms with Crippen LogP contribution in [-0.4, -0.2) is 22.5 Å². The Hall–Kier alpha value is -4.39. The van der Waals surface area contributed by atoms with Gasteiger partial charge in [-0.05, 0) is 48.7 Å². The normalized spacial score (nSPS) is 17.0. The van der Waals surface area contributed by atoms with Gasteiger partial charge in [0.25, 0.3) is 17.5 Å². The Morgan fingerprint density at radius 2 is 1.44 bits per heavy atom. The van der Waals surface area contributed by atoms with Gasteiger partial charge in [0.05, 0.1) is 16.2 Å². The van der Waals surface area contributed by atoms with Gasteiger partial charge in [-0.3, -0.25) is 24.5 Å². The third-order valence-electron chi connectivity index (χ3n) is 6.89. The van der Waals surface area contributed by atoms with Gasteiger partial charge in [0.1, 0.15) is 0 Å². The molecule has 0 unspecified atom stereocenters. The van der Waals surface area contributed by atoms with E-state index in [1.807, 2.05) is 0 Å². The molecule has 1 saturated carbocycles. The van der Waals surface area contributed by atoms with E-state index in [1.54, 1.807) is 54.6 Å². The van der Waals surface area contributed by atoms with E-state index in [1.165, 1.54) is 24.3 Å². The summed E-state index contributed by atoms with van der Waals surface area (Å²) >= 11 is 0. The number of Topliss-reactive ketones (excluding diaryl/α,β-unsaturated/α-hetero) is 1. The molecule has 2 amide bonds. The molecule has 7 nitrogen and oxygen atoms in total. The lowest BCUT2D eigenvalue weighted by atomic mass is 9.80.